The molecule has 3 heterocycles. The predicted octanol–water partition coefficient (Wildman–Crippen LogP) is 13.8. The average Bonchev–Trinajstić information content (AvgIpc) is 3.42. The molecule has 11 nitrogen and oxygen atoms in total. The molecule has 5 rings (SSSR count). The normalized spacial score (nSPS) is 15.7. The van der Waals surface area contributed by atoms with Crippen LogP contribution in [0, 0.1) is 37.0 Å². The van der Waals surface area contributed by atoms with Crippen LogP contribution in [0.4, 0.5) is 5.82 Å². The first-order valence-electron chi connectivity index (χ1n) is 27.6. The monoisotopic (exact) mass is 1050 g/mol. The van der Waals surface area contributed by atoms with E-state index in [0.717, 1.165) is 80.8 Å². The predicted molar refractivity (Wildman–Crippen MR) is 338 cm³/mol. The lowest BCUT2D eigenvalue weighted by molar-refractivity contribution is -0.0764. The molecular weight excluding hydrogens is 949 g/mol. The van der Waals surface area contributed by atoms with Crippen molar-refractivity contribution in [1.82, 2.24) is 35.4 Å². The molecule has 77 heavy (non-hydrogen) atoms. The Morgan fingerprint density at radius 3 is 1.99 bits per heavy atom. The quantitative estimate of drug-likeness (QED) is 0.0314. The van der Waals surface area contributed by atoms with Crippen LogP contribution in [0.2, 0.25) is 0 Å². The fourth-order valence-corrected chi connectivity index (χ4v) is 8.15. The molecule has 0 spiro atoms. The highest BCUT2D eigenvalue weighted by molar-refractivity contribution is 6.11. The van der Waals surface area contributed by atoms with Crippen LogP contribution in [0.5, 0.6) is 0 Å². The van der Waals surface area contributed by atoms with E-state index in [4.69, 9.17) is 15.0 Å². The molecule has 1 saturated heterocycles. The van der Waals surface area contributed by atoms with Crippen molar-refractivity contribution in [2.24, 2.45) is 21.3 Å². The number of hydrogen-bond acceptors (Lipinski definition) is 11. The minimum Gasteiger partial charge on any atom is -0.387 e. The van der Waals surface area contributed by atoms with Crippen molar-refractivity contribution in [1.29, 1.82) is 0 Å². The fourth-order valence-electron chi connectivity index (χ4n) is 8.15. The van der Waals surface area contributed by atoms with Crippen LogP contribution in [-0.2, 0) is 0 Å². The summed E-state index contributed by atoms with van der Waals surface area (Å²) >= 11 is 0. The number of rotatable bonds is 19. The first-order chi connectivity index (χ1) is 36.7. The van der Waals surface area contributed by atoms with E-state index in [0.29, 0.717) is 24.6 Å². The zero-order valence-electron chi connectivity index (χ0n) is 51.3. The Balaban J connectivity index is 0.000000627. The lowest BCUT2D eigenvalue weighted by Crippen LogP contribution is -2.59. The van der Waals surface area contributed by atoms with Gasteiger partial charge in [0.2, 0.25) is 0 Å². The van der Waals surface area contributed by atoms with Crippen LogP contribution in [0.1, 0.15) is 136 Å². The molecule has 1 aliphatic heterocycles. The van der Waals surface area contributed by atoms with Crippen molar-refractivity contribution in [3.8, 4) is 34.5 Å². The minimum atomic E-state index is -0.875. The van der Waals surface area contributed by atoms with E-state index in [1.807, 2.05) is 137 Å². The van der Waals surface area contributed by atoms with Gasteiger partial charge in [-0.05, 0) is 145 Å². The summed E-state index contributed by atoms with van der Waals surface area (Å²) in [6.07, 6.45) is 18.9. The number of hydrogen-bond donors (Lipinski definition) is 4. The smallest absolute Gasteiger partial charge is 0.161 e. The van der Waals surface area contributed by atoms with E-state index in [9.17, 15) is 5.11 Å². The summed E-state index contributed by atoms with van der Waals surface area (Å²) < 4.78 is 0. The number of anilines is 1. The van der Waals surface area contributed by atoms with Crippen LogP contribution in [0.15, 0.2) is 120 Å². The molecule has 420 valence electrons. The topological polar surface area (TPSA) is 126 Å². The maximum Gasteiger partial charge on any atom is 0.161 e. The summed E-state index contributed by atoms with van der Waals surface area (Å²) in [5.41, 5.74) is 12.2. The zero-order valence-corrected chi connectivity index (χ0v) is 51.3. The second-order valence-corrected chi connectivity index (χ2v) is 20.1. The number of nitrogens with one attached hydrogen (secondary N) is 3. The SMILES string of the molecule is C/C=C\C(=NC)c1cc(C)c(-c2cccc(/C(C)=C/N(C)C)c2)nc1C.C=C/C(=C\N(C)C)c1cccc(-c2ncc(C(/C=C\C)=NC)c(NCC3(O)CCNCC3(C)C)n2)c1.CC.CC#CC.CCCNCC(C)CC. The molecule has 11 heteroatoms. The lowest BCUT2D eigenvalue weighted by Gasteiger charge is -2.46. The number of allylic oxidation sites excluding steroid dienone is 7. The molecular formula is C66H100N10O. The number of aliphatic hydroxyl groups is 1. The van der Waals surface area contributed by atoms with Gasteiger partial charge in [-0.1, -0.05) is 116 Å². The first-order valence-corrected chi connectivity index (χ1v) is 27.6. The number of aromatic nitrogens is 3. The molecule has 0 saturated carbocycles. The summed E-state index contributed by atoms with van der Waals surface area (Å²) in [6.45, 7) is 37.0. The molecule has 0 amide bonds. The van der Waals surface area contributed by atoms with Crippen molar-refractivity contribution in [2.75, 3.05) is 80.3 Å². The molecule has 4 aromatic rings. The van der Waals surface area contributed by atoms with Crippen LogP contribution in [-0.4, -0.2) is 122 Å². The van der Waals surface area contributed by atoms with Crippen LogP contribution >= 0.6 is 0 Å². The number of aliphatic imine (C=N–C) groups is 2. The Kier molecular flexibility index (Phi) is 32.6. The molecule has 0 aliphatic carbocycles. The van der Waals surface area contributed by atoms with Gasteiger partial charge >= 0.3 is 0 Å². The molecule has 2 aromatic carbocycles. The van der Waals surface area contributed by atoms with Crippen molar-refractivity contribution in [3.05, 3.63) is 144 Å². The van der Waals surface area contributed by atoms with E-state index in [1.54, 1.807) is 13.2 Å². The van der Waals surface area contributed by atoms with Gasteiger partial charge in [-0.25, -0.2) is 9.97 Å². The molecule has 0 bridgehead atoms. The van der Waals surface area contributed by atoms with Gasteiger partial charge in [0.1, 0.15) is 5.82 Å². The number of nitrogens with zero attached hydrogens (tertiary/aromatic N) is 7. The summed E-state index contributed by atoms with van der Waals surface area (Å²) in [6, 6.07) is 18.9. The van der Waals surface area contributed by atoms with Gasteiger partial charge < -0.3 is 30.9 Å². The molecule has 2 atom stereocenters. The van der Waals surface area contributed by atoms with Crippen molar-refractivity contribution in [2.45, 2.75) is 122 Å². The van der Waals surface area contributed by atoms with Crippen molar-refractivity contribution in [3.63, 3.8) is 0 Å². The maximum absolute atomic E-state index is 11.5. The first kappa shape index (κ1) is 68.6. The summed E-state index contributed by atoms with van der Waals surface area (Å²) in [4.78, 5) is 27.4. The highest BCUT2D eigenvalue weighted by Crippen LogP contribution is 2.36. The average molecular weight is 1050 g/mol. The van der Waals surface area contributed by atoms with E-state index in [-0.39, 0.29) is 5.41 Å². The highest BCUT2D eigenvalue weighted by atomic mass is 16.3. The zero-order chi connectivity index (χ0) is 58.1. The Hall–Kier alpha value is -6.45. The minimum absolute atomic E-state index is 0.284. The lowest BCUT2D eigenvalue weighted by atomic mass is 9.70. The highest BCUT2D eigenvalue weighted by Gasteiger charge is 2.45. The van der Waals surface area contributed by atoms with E-state index >= 15 is 0 Å². The summed E-state index contributed by atoms with van der Waals surface area (Å²) in [5, 5.41) is 21.8. The summed E-state index contributed by atoms with van der Waals surface area (Å²) in [7, 11) is 11.6. The van der Waals surface area contributed by atoms with Crippen LogP contribution in [0.25, 0.3) is 33.8 Å². The fraction of sp³-hybridized carbons (Fsp3) is 0.470. The molecule has 0 radical (unpaired) electrons. The van der Waals surface area contributed by atoms with Crippen LogP contribution < -0.4 is 16.0 Å². The van der Waals surface area contributed by atoms with Gasteiger partial charge in [-0.2, -0.15) is 0 Å². The van der Waals surface area contributed by atoms with Gasteiger partial charge in [0.25, 0.3) is 0 Å². The molecule has 2 unspecified atom stereocenters. The number of benzene rings is 2. The second-order valence-electron chi connectivity index (χ2n) is 20.1. The third-order valence-corrected chi connectivity index (χ3v) is 12.9. The third kappa shape index (κ3) is 22.6. The van der Waals surface area contributed by atoms with Gasteiger partial charge in [-0.3, -0.25) is 15.0 Å². The number of pyridine rings is 1. The Morgan fingerprint density at radius 2 is 1.45 bits per heavy atom. The van der Waals surface area contributed by atoms with Crippen molar-refractivity contribution >= 4 is 28.4 Å². The van der Waals surface area contributed by atoms with Gasteiger partial charge in [-0.15, -0.1) is 11.8 Å². The van der Waals surface area contributed by atoms with E-state index in [1.165, 1.54) is 37.1 Å². The Morgan fingerprint density at radius 1 is 0.870 bits per heavy atom. The van der Waals surface area contributed by atoms with Gasteiger partial charge in [0.15, 0.2) is 5.82 Å². The molecule has 1 aliphatic rings. The summed E-state index contributed by atoms with van der Waals surface area (Å²) in [5.74, 6) is 7.46. The van der Waals surface area contributed by atoms with Gasteiger partial charge in [0, 0.05) is 102 Å². The van der Waals surface area contributed by atoms with Crippen LogP contribution in [0.3, 0.4) is 0 Å². The Labute approximate surface area is 468 Å². The molecule has 4 N–H and O–H groups in total. The third-order valence-electron chi connectivity index (χ3n) is 12.9. The maximum atomic E-state index is 11.5. The standard InChI is InChI=1S/C29H40N6O.C23H29N3.C8H19N.C4H6.C2H6/c1-8-11-25(30-5)24-17-32-26(23-13-10-12-22(16-23)21(9-2)18-35(6)7)34-27(24)33-20-29(36)14-15-31-19-28(29,3)4;1-8-10-22(24-5)21-13-16(2)23(25-18(21)4)20-12-9-11-19(14-20)17(3)15-26(6)7;1-4-6-9-7-8(3)5-2;1-3-4-2;1-2/h8-13,16-18,31,36H,2,14-15,19-20H2,1,3-7H3,(H,32,33,34);8-15H,1-7H3;8-9H,4-7H2,1-3H3;1-2H3;1-2H3/b11-8-,21-18+,30-25?;10-8-,17-15+,24-22?;;;. The number of piperidine rings is 1. The Bertz CT molecular complexity index is 2650. The molecule has 1 fully saturated rings. The van der Waals surface area contributed by atoms with E-state index < -0.39 is 5.60 Å². The van der Waals surface area contributed by atoms with Crippen molar-refractivity contribution < 1.29 is 5.11 Å². The largest absolute Gasteiger partial charge is 0.387 e. The second kappa shape index (κ2) is 36.6. The van der Waals surface area contributed by atoms with E-state index in [2.05, 4.69) is 146 Å². The number of aryl methyl sites for hydroxylation is 2. The van der Waals surface area contributed by atoms with Gasteiger partial charge in [0.05, 0.1) is 28.3 Å². The molecule has 2 aromatic heterocycles.